The van der Waals surface area contributed by atoms with Crippen molar-refractivity contribution in [3.8, 4) is 5.75 Å². The van der Waals surface area contributed by atoms with E-state index in [-0.39, 0.29) is 24.4 Å². The minimum atomic E-state index is -0.225. The molecule has 4 heterocycles. The van der Waals surface area contributed by atoms with Gasteiger partial charge < -0.3 is 18.9 Å². The van der Waals surface area contributed by atoms with E-state index in [1.807, 2.05) is 47.5 Å². The van der Waals surface area contributed by atoms with E-state index in [0.717, 1.165) is 29.4 Å². The third-order valence-electron chi connectivity index (χ3n) is 7.04. The van der Waals surface area contributed by atoms with Gasteiger partial charge in [0.1, 0.15) is 18.3 Å². The van der Waals surface area contributed by atoms with Crippen LogP contribution in [0.5, 0.6) is 5.75 Å². The van der Waals surface area contributed by atoms with Crippen LogP contribution in [-0.4, -0.2) is 89.9 Å². The summed E-state index contributed by atoms with van der Waals surface area (Å²) in [6.45, 7) is 4.03. The van der Waals surface area contributed by atoms with Gasteiger partial charge in [-0.25, -0.2) is 5.01 Å². The van der Waals surface area contributed by atoms with Gasteiger partial charge in [-0.05, 0) is 47.8 Å². The van der Waals surface area contributed by atoms with Crippen LogP contribution in [0.3, 0.4) is 0 Å². The topological polar surface area (TPSA) is 79.6 Å². The zero-order valence-corrected chi connectivity index (χ0v) is 22.6. The van der Waals surface area contributed by atoms with Crippen molar-refractivity contribution >= 4 is 28.9 Å². The fraction of sp³-hybridized carbons (Fsp3) is 0.393. The van der Waals surface area contributed by atoms with Crippen molar-refractivity contribution in [3.05, 3.63) is 76.2 Å². The SMILES string of the molecule is COc1ccc(C(=O)N(CCN2CCOCC2)CC(=O)N2N=C(c3cccs3)C[C@H]2c2cccn2C)cc1. The summed E-state index contributed by atoms with van der Waals surface area (Å²) < 4.78 is 12.7. The molecule has 9 nitrogen and oxygen atoms in total. The van der Waals surface area contributed by atoms with Crippen LogP contribution < -0.4 is 4.74 Å². The molecule has 0 spiro atoms. The lowest BCUT2D eigenvalue weighted by atomic mass is 10.1. The van der Waals surface area contributed by atoms with Crippen LogP contribution in [0.1, 0.15) is 33.4 Å². The molecule has 3 aromatic rings. The molecule has 5 rings (SSSR count). The van der Waals surface area contributed by atoms with E-state index in [1.165, 1.54) is 0 Å². The summed E-state index contributed by atoms with van der Waals surface area (Å²) in [6, 6.07) is 14.8. The van der Waals surface area contributed by atoms with Gasteiger partial charge in [-0.2, -0.15) is 5.10 Å². The van der Waals surface area contributed by atoms with Crippen LogP contribution >= 0.6 is 11.3 Å². The van der Waals surface area contributed by atoms with E-state index in [1.54, 1.807) is 52.6 Å². The van der Waals surface area contributed by atoms with Crippen LogP contribution in [0.2, 0.25) is 0 Å². The number of hydrazone groups is 1. The third kappa shape index (κ3) is 5.82. The molecule has 1 aromatic carbocycles. The number of carbonyl (C=O) groups is 2. The van der Waals surface area contributed by atoms with Crippen molar-refractivity contribution < 1.29 is 19.1 Å². The molecule has 0 aliphatic carbocycles. The number of thiophene rings is 1. The van der Waals surface area contributed by atoms with Gasteiger partial charge in [0.25, 0.3) is 11.8 Å². The minimum absolute atomic E-state index is 0.0582. The number of ether oxygens (including phenoxy) is 2. The Labute approximate surface area is 226 Å². The Morgan fingerprint density at radius 1 is 1.13 bits per heavy atom. The zero-order chi connectivity index (χ0) is 26.5. The van der Waals surface area contributed by atoms with Gasteiger partial charge in [-0.1, -0.05) is 6.07 Å². The number of hydrogen-bond acceptors (Lipinski definition) is 7. The van der Waals surface area contributed by atoms with Crippen molar-refractivity contribution in [1.29, 1.82) is 0 Å². The van der Waals surface area contributed by atoms with Crippen molar-refractivity contribution in [2.75, 3.05) is 53.0 Å². The van der Waals surface area contributed by atoms with Gasteiger partial charge in [0.2, 0.25) is 0 Å². The molecule has 38 heavy (non-hydrogen) atoms. The number of benzene rings is 1. The first-order chi connectivity index (χ1) is 18.5. The number of amides is 2. The molecule has 0 bridgehead atoms. The van der Waals surface area contributed by atoms with E-state index in [9.17, 15) is 9.59 Å². The summed E-state index contributed by atoms with van der Waals surface area (Å²) in [7, 11) is 3.57. The summed E-state index contributed by atoms with van der Waals surface area (Å²) in [6.07, 6.45) is 2.60. The fourth-order valence-corrected chi connectivity index (χ4v) is 5.60. The molecule has 2 aromatic heterocycles. The summed E-state index contributed by atoms with van der Waals surface area (Å²) in [5, 5.41) is 8.37. The van der Waals surface area contributed by atoms with Crippen molar-refractivity contribution in [2.24, 2.45) is 12.1 Å². The summed E-state index contributed by atoms with van der Waals surface area (Å²) in [5.41, 5.74) is 2.42. The molecule has 10 heteroatoms. The third-order valence-corrected chi connectivity index (χ3v) is 7.96. The Morgan fingerprint density at radius 3 is 2.58 bits per heavy atom. The molecule has 2 aliphatic heterocycles. The number of morpholine rings is 1. The number of aryl methyl sites for hydroxylation is 1. The van der Waals surface area contributed by atoms with Gasteiger partial charge in [-0.15, -0.1) is 11.3 Å². The van der Waals surface area contributed by atoms with Gasteiger partial charge in [0, 0.05) is 57.1 Å². The van der Waals surface area contributed by atoms with Gasteiger partial charge in [0.15, 0.2) is 0 Å². The van der Waals surface area contributed by atoms with Crippen LogP contribution in [-0.2, 0) is 16.6 Å². The average Bonchev–Trinajstić information content (AvgIpc) is 3.72. The lowest BCUT2D eigenvalue weighted by molar-refractivity contribution is -0.133. The molecule has 1 saturated heterocycles. The molecular weight excluding hydrogens is 502 g/mol. The van der Waals surface area contributed by atoms with Crippen LogP contribution in [0.25, 0.3) is 0 Å². The largest absolute Gasteiger partial charge is 0.497 e. The first kappa shape index (κ1) is 26.1. The smallest absolute Gasteiger partial charge is 0.262 e. The van der Waals surface area contributed by atoms with Crippen molar-refractivity contribution in [2.45, 2.75) is 12.5 Å². The molecule has 2 amide bonds. The zero-order valence-electron chi connectivity index (χ0n) is 21.8. The molecule has 200 valence electrons. The maximum Gasteiger partial charge on any atom is 0.262 e. The quantitative estimate of drug-likeness (QED) is 0.420. The number of methoxy groups -OCH3 is 1. The number of hydrogen-bond donors (Lipinski definition) is 0. The molecule has 0 saturated carbocycles. The highest BCUT2D eigenvalue weighted by Crippen LogP contribution is 2.34. The predicted octanol–water partition coefficient (Wildman–Crippen LogP) is 3.25. The molecule has 0 N–H and O–H groups in total. The molecule has 0 unspecified atom stereocenters. The highest BCUT2D eigenvalue weighted by atomic mass is 32.1. The van der Waals surface area contributed by atoms with E-state index >= 15 is 0 Å². The fourth-order valence-electron chi connectivity index (χ4n) is 4.87. The van der Waals surface area contributed by atoms with Crippen LogP contribution in [0.4, 0.5) is 0 Å². The van der Waals surface area contributed by atoms with Crippen LogP contribution in [0, 0.1) is 0 Å². The van der Waals surface area contributed by atoms with E-state index in [2.05, 4.69) is 4.90 Å². The number of carbonyl (C=O) groups excluding carboxylic acids is 2. The standard InChI is InChI=1S/C28H33N5O4S/c1-30-11-3-5-24(30)25-19-23(26-6-4-18-38-26)29-33(25)27(34)20-32(13-12-31-14-16-37-17-15-31)28(35)21-7-9-22(36-2)10-8-21/h3-11,18,25H,12-17,19-20H2,1-2H3/t25-/m0/s1. The lowest BCUT2D eigenvalue weighted by Gasteiger charge is -2.31. The summed E-state index contributed by atoms with van der Waals surface area (Å²) in [5.74, 6) is 0.286. The first-order valence-corrected chi connectivity index (χ1v) is 13.7. The maximum atomic E-state index is 13.8. The molecule has 2 aliphatic rings. The van der Waals surface area contributed by atoms with Crippen molar-refractivity contribution in [1.82, 2.24) is 19.4 Å². The Kier molecular flexibility index (Phi) is 8.21. The lowest BCUT2D eigenvalue weighted by Crippen LogP contribution is -2.46. The summed E-state index contributed by atoms with van der Waals surface area (Å²) >= 11 is 1.61. The average molecular weight is 536 g/mol. The van der Waals surface area contributed by atoms with Crippen LogP contribution in [0.15, 0.2) is 65.2 Å². The molecule has 1 fully saturated rings. The Bertz CT molecular complexity index is 1260. The Balaban J connectivity index is 1.38. The van der Waals surface area contributed by atoms with Gasteiger partial charge >= 0.3 is 0 Å². The predicted molar refractivity (Wildman–Crippen MR) is 147 cm³/mol. The van der Waals surface area contributed by atoms with Crippen molar-refractivity contribution in [3.63, 3.8) is 0 Å². The maximum absolute atomic E-state index is 13.8. The number of nitrogens with zero attached hydrogens (tertiary/aromatic N) is 5. The number of aromatic nitrogens is 1. The van der Waals surface area contributed by atoms with Gasteiger partial charge in [-0.3, -0.25) is 14.5 Å². The summed E-state index contributed by atoms with van der Waals surface area (Å²) in [4.78, 5) is 32.4. The Morgan fingerprint density at radius 2 is 1.92 bits per heavy atom. The van der Waals surface area contributed by atoms with E-state index in [0.29, 0.717) is 44.0 Å². The minimum Gasteiger partial charge on any atom is -0.497 e. The van der Waals surface area contributed by atoms with E-state index in [4.69, 9.17) is 14.6 Å². The highest BCUT2D eigenvalue weighted by molar-refractivity contribution is 7.12. The Hall–Kier alpha value is -3.47. The first-order valence-electron chi connectivity index (χ1n) is 12.8. The molecular formula is C28H33N5O4S. The number of rotatable bonds is 9. The second-order valence-corrected chi connectivity index (χ2v) is 10.4. The second-order valence-electron chi connectivity index (χ2n) is 9.44. The monoisotopic (exact) mass is 535 g/mol. The molecule has 0 radical (unpaired) electrons. The highest BCUT2D eigenvalue weighted by Gasteiger charge is 2.36. The normalized spacial score (nSPS) is 17.9. The van der Waals surface area contributed by atoms with E-state index < -0.39 is 0 Å². The van der Waals surface area contributed by atoms with Gasteiger partial charge in [0.05, 0.1) is 30.9 Å². The second kappa shape index (κ2) is 11.9. The molecule has 1 atom stereocenters.